The molecule has 0 spiro atoms. The average molecular weight is 635 g/mol. The first-order chi connectivity index (χ1) is 21.0. The number of aromatic nitrogens is 3. The van der Waals surface area contributed by atoms with Crippen LogP contribution in [-0.2, 0) is 22.9 Å². The molecule has 3 aromatic heterocycles. The van der Waals surface area contributed by atoms with Crippen molar-refractivity contribution in [3.8, 4) is 28.2 Å². The molecule has 1 saturated carbocycles. The van der Waals surface area contributed by atoms with Crippen LogP contribution in [-0.4, -0.2) is 34.3 Å². The second kappa shape index (κ2) is 11.5. The van der Waals surface area contributed by atoms with Gasteiger partial charge in [-0.05, 0) is 86.1 Å². The molecule has 9 nitrogen and oxygen atoms in total. The number of furan rings is 1. The number of sulfonamides is 1. The Labute approximate surface area is 255 Å². The first-order valence-corrected chi connectivity index (χ1v) is 15.9. The van der Waals surface area contributed by atoms with Gasteiger partial charge in [-0.25, -0.2) is 36.8 Å². The summed E-state index contributed by atoms with van der Waals surface area (Å²) in [6.45, 7) is 1.78. The normalized spacial score (nSPS) is 13.1. The highest BCUT2D eigenvalue weighted by molar-refractivity contribution is 7.89. The third kappa shape index (κ3) is 6.19. The summed E-state index contributed by atoms with van der Waals surface area (Å²) >= 11 is 1.11. The van der Waals surface area contributed by atoms with Gasteiger partial charge in [-0.2, -0.15) is 5.10 Å². The molecule has 0 bridgehead atoms. The van der Waals surface area contributed by atoms with E-state index in [1.54, 1.807) is 35.9 Å². The number of carboxylic acids is 1. The van der Waals surface area contributed by atoms with Gasteiger partial charge in [-0.15, -0.1) is 11.3 Å². The smallest absolute Gasteiger partial charge is 0.355 e. The van der Waals surface area contributed by atoms with E-state index in [0.717, 1.165) is 42.0 Å². The van der Waals surface area contributed by atoms with Gasteiger partial charge in [0.25, 0.3) is 0 Å². The first kappa shape index (κ1) is 29.4. The van der Waals surface area contributed by atoms with Crippen molar-refractivity contribution in [2.45, 2.75) is 37.5 Å². The van der Waals surface area contributed by atoms with Crippen LogP contribution in [0, 0.1) is 36.3 Å². The third-order valence-electron chi connectivity index (χ3n) is 7.15. The molecule has 0 unspecified atom stereocenters. The summed E-state index contributed by atoms with van der Waals surface area (Å²) in [5.74, 6) is 4.34. The zero-order valence-corrected chi connectivity index (χ0v) is 24.8. The Morgan fingerprint density at radius 3 is 2.57 bits per heavy atom. The van der Waals surface area contributed by atoms with E-state index in [1.165, 1.54) is 17.5 Å². The molecule has 13 heteroatoms. The fourth-order valence-corrected chi connectivity index (χ4v) is 6.18. The summed E-state index contributed by atoms with van der Waals surface area (Å²) in [4.78, 5) is 15.2. The maximum atomic E-state index is 14.9. The zero-order chi connectivity index (χ0) is 31.2. The fourth-order valence-electron chi connectivity index (χ4n) is 4.81. The van der Waals surface area contributed by atoms with Gasteiger partial charge in [0.1, 0.15) is 22.3 Å². The number of nitrogens with two attached hydrogens (primary N) is 1. The molecule has 1 aliphatic carbocycles. The highest BCUT2D eigenvalue weighted by atomic mass is 32.2. The molecule has 0 radical (unpaired) electrons. The molecular formula is C31H24F2N4O5S2. The van der Waals surface area contributed by atoms with Crippen molar-refractivity contribution in [1.82, 2.24) is 14.8 Å². The largest absolute Gasteiger partial charge is 0.476 e. The molecule has 224 valence electrons. The standard InChI is InChI=1S/C31H24F2N4O5S2/c1-17-2-8-22(42-17)9-6-20-15-21(7-10-24(20)32)29-23(12-19-5-11-28(25(33)13-19)44(34,40)41)27(14-18-3-4-18)37(36-29)31-35-26(16-43-31)30(38)39/h2,5,7-8,10-11,13,15-16,18H,3-4,12,14H2,1H3,(H,38,39)(H2,34,40,41). The van der Waals surface area contributed by atoms with Gasteiger partial charge in [0.2, 0.25) is 15.2 Å². The Balaban J connectivity index is 1.51. The van der Waals surface area contributed by atoms with Gasteiger partial charge in [0.15, 0.2) is 11.5 Å². The lowest BCUT2D eigenvalue weighted by molar-refractivity contribution is 0.0691. The van der Waals surface area contributed by atoms with Crippen LogP contribution in [0.1, 0.15) is 57.2 Å². The highest BCUT2D eigenvalue weighted by Crippen LogP contribution is 2.38. The van der Waals surface area contributed by atoms with E-state index in [2.05, 4.69) is 16.8 Å². The predicted octanol–water partition coefficient (Wildman–Crippen LogP) is 5.46. The quantitative estimate of drug-likeness (QED) is 0.216. The Morgan fingerprint density at radius 1 is 1.14 bits per heavy atom. The van der Waals surface area contributed by atoms with E-state index in [-0.39, 0.29) is 17.7 Å². The molecule has 5 aromatic rings. The van der Waals surface area contributed by atoms with E-state index in [4.69, 9.17) is 14.7 Å². The molecule has 44 heavy (non-hydrogen) atoms. The fraction of sp³-hybridized carbons (Fsp3) is 0.194. The number of halogens is 2. The van der Waals surface area contributed by atoms with Gasteiger partial charge in [0, 0.05) is 22.9 Å². The summed E-state index contributed by atoms with van der Waals surface area (Å²) in [6, 6.07) is 11.5. The van der Waals surface area contributed by atoms with Crippen LogP contribution in [0.25, 0.3) is 16.4 Å². The van der Waals surface area contributed by atoms with Crippen molar-refractivity contribution in [3.63, 3.8) is 0 Å². The number of hydrogen-bond acceptors (Lipinski definition) is 7. The minimum atomic E-state index is -4.26. The number of aromatic carboxylic acids is 1. The molecule has 0 atom stereocenters. The maximum Gasteiger partial charge on any atom is 0.355 e. The number of primary sulfonamides is 1. The number of benzene rings is 2. The zero-order valence-electron chi connectivity index (χ0n) is 23.2. The Hall–Kier alpha value is -4.64. The Morgan fingerprint density at radius 2 is 1.93 bits per heavy atom. The molecular weight excluding hydrogens is 610 g/mol. The molecule has 0 aliphatic heterocycles. The van der Waals surface area contributed by atoms with Gasteiger partial charge in [0.05, 0.1) is 17.0 Å². The van der Waals surface area contributed by atoms with Crippen LogP contribution < -0.4 is 5.14 Å². The number of rotatable bonds is 8. The second-order valence-electron chi connectivity index (χ2n) is 10.5. The lowest BCUT2D eigenvalue weighted by Gasteiger charge is -2.10. The predicted molar refractivity (Wildman–Crippen MR) is 158 cm³/mol. The van der Waals surface area contributed by atoms with E-state index in [0.29, 0.717) is 51.4 Å². The van der Waals surface area contributed by atoms with E-state index in [9.17, 15) is 27.1 Å². The second-order valence-corrected chi connectivity index (χ2v) is 12.9. The van der Waals surface area contributed by atoms with Crippen molar-refractivity contribution in [3.05, 3.63) is 105 Å². The number of nitrogens with zero attached hydrogens (tertiary/aromatic N) is 3. The highest BCUT2D eigenvalue weighted by Gasteiger charge is 2.30. The summed E-state index contributed by atoms with van der Waals surface area (Å²) < 4.78 is 60.4. The summed E-state index contributed by atoms with van der Waals surface area (Å²) in [5, 5.41) is 21.2. The molecule has 2 aromatic carbocycles. The van der Waals surface area contributed by atoms with Crippen LogP contribution in [0.5, 0.6) is 0 Å². The number of aryl methyl sites for hydroxylation is 1. The number of carboxylic acid groups (broad SMARTS) is 1. The number of carbonyl (C=O) groups is 1. The van der Waals surface area contributed by atoms with Crippen LogP contribution >= 0.6 is 11.3 Å². The molecule has 3 heterocycles. The van der Waals surface area contributed by atoms with E-state index in [1.807, 2.05) is 0 Å². The maximum absolute atomic E-state index is 14.9. The van der Waals surface area contributed by atoms with E-state index < -0.39 is 32.5 Å². The Kier molecular flexibility index (Phi) is 7.66. The lowest BCUT2D eigenvalue weighted by atomic mass is 9.96. The molecule has 3 N–H and O–H groups in total. The van der Waals surface area contributed by atoms with Crippen LogP contribution in [0.3, 0.4) is 0 Å². The lowest BCUT2D eigenvalue weighted by Crippen LogP contribution is -2.14. The monoisotopic (exact) mass is 634 g/mol. The van der Waals surface area contributed by atoms with Crippen LogP contribution in [0.2, 0.25) is 0 Å². The number of thiazole rings is 1. The van der Waals surface area contributed by atoms with Gasteiger partial charge < -0.3 is 9.52 Å². The summed E-state index contributed by atoms with van der Waals surface area (Å²) in [7, 11) is -4.26. The van der Waals surface area contributed by atoms with Crippen molar-refractivity contribution >= 4 is 27.3 Å². The van der Waals surface area contributed by atoms with Crippen LogP contribution in [0.4, 0.5) is 8.78 Å². The van der Waals surface area contributed by atoms with Crippen molar-refractivity contribution in [1.29, 1.82) is 0 Å². The van der Waals surface area contributed by atoms with Gasteiger partial charge in [-0.1, -0.05) is 12.0 Å². The van der Waals surface area contributed by atoms with E-state index >= 15 is 0 Å². The molecule has 0 saturated heterocycles. The third-order valence-corrected chi connectivity index (χ3v) is 8.91. The minimum Gasteiger partial charge on any atom is -0.476 e. The first-order valence-electron chi connectivity index (χ1n) is 13.5. The van der Waals surface area contributed by atoms with Gasteiger partial charge in [-0.3, -0.25) is 0 Å². The minimum absolute atomic E-state index is 0.103. The SMILES string of the molecule is Cc1ccc(C#Cc2cc(-c3nn(-c4nc(C(=O)O)cs4)c(CC4CC4)c3Cc3ccc(S(N)(=O)=O)c(F)c3)ccc2F)o1. The Bertz CT molecular complexity index is 2100. The summed E-state index contributed by atoms with van der Waals surface area (Å²) in [5.41, 5.74) is 2.82. The van der Waals surface area contributed by atoms with Gasteiger partial charge >= 0.3 is 5.97 Å². The average Bonchev–Trinajstić information content (AvgIpc) is 3.31. The molecule has 1 fully saturated rings. The van der Waals surface area contributed by atoms with Crippen molar-refractivity contribution < 1.29 is 31.5 Å². The van der Waals surface area contributed by atoms with Crippen molar-refractivity contribution in [2.24, 2.45) is 11.1 Å². The number of hydrogen-bond donors (Lipinski definition) is 2. The molecule has 1 aliphatic rings. The summed E-state index contributed by atoms with van der Waals surface area (Å²) in [6.07, 6.45) is 2.73. The topological polar surface area (TPSA) is 141 Å². The molecule has 6 rings (SSSR count). The molecule has 0 amide bonds. The van der Waals surface area contributed by atoms with Crippen LogP contribution in [0.15, 0.2) is 63.2 Å². The van der Waals surface area contributed by atoms with Crippen molar-refractivity contribution in [2.75, 3.05) is 0 Å².